The van der Waals surface area contributed by atoms with Crippen LogP contribution in [0.2, 0.25) is 0 Å². The Morgan fingerprint density at radius 2 is 2.17 bits per heavy atom. The average Bonchev–Trinajstić information content (AvgIpc) is 2.41. The highest BCUT2D eigenvalue weighted by molar-refractivity contribution is 7.99. The first-order valence-electron chi connectivity index (χ1n) is 6.54. The van der Waals surface area contributed by atoms with Crippen molar-refractivity contribution in [2.75, 3.05) is 50.8 Å². The molecular formula is C13H21N3OS. The van der Waals surface area contributed by atoms with Crippen LogP contribution < -0.4 is 5.32 Å². The summed E-state index contributed by atoms with van der Waals surface area (Å²) in [5.41, 5.74) is 0. The number of hydrogen-bond acceptors (Lipinski definition) is 4. The highest BCUT2D eigenvalue weighted by Gasteiger charge is 2.23. The Balaban J connectivity index is 1.72. The fourth-order valence-corrected chi connectivity index (χ4v) is 3.32. The van der Waals surface area contributed by atoms with Crippen LogP contribution in [0.4, 0.5) is 0 Å². The standard InChI is InChI=1S/C13H21N3OS/c1-2-4-15-5-7-16(8-6-15)13(17)10-12-11-18-9-3-14-12/h1,12,14H,3-11H2. The summed E-state index contributed by atoms with van der Waals surface area (Å²) in [5.74, 6) is 5.16. The third-order valence-corrected chi connectivity index (χ3v) is 4.59. The Bertz CT molecular complexity index is 315. The number of rotatable bonds is 3. The minimum atomic E-state index is 0.287. The first-order valence-corrected chi connectivity index (χ1v) is 7.70. The lowest BCUT2D eigenvalue weighted by atomic mass is 10.2. The Labute approximate surface area is 113 Å². The van der Waals surface area contributed by atoms with Crippen molar-refractivity contribution < 1.29 is 4.79 Å². The maximum atomic E-state index is 12.1. The topological polar surface area (TPSA) is 35.6 Å². The number of carbonyl (C=O) groups excluding carboxylic acids is 1. The number of terminal acetylenes is 1. The van der Waals surface area contributed by atoms with Crippen LogP contribution in [0, 0.1) is 12.3 Å². The molecule has 1 atom stereocenters. The minimum absolute atomic E-state index is 0.287. The van der Waals surface area contributed by atoms with Gasteiger partial charge in [-0.2, -0.15) is 11.8 Å². The third kappa shape index (κ3) is 3.91. The molecule has 0 aromatic carbocycles. The highest BCUT2D eigenvalue weighted by atomic mass is 32.2. The van der Waals surface area contributed by atoms with Crippen molar-refractivity contribution in [2.24, 2.45) is 0 Å². The predicted molar refractivity (Wildman–Crippen MR) is 75.6 cm³/mol. The monoisotopic (exact) mass is 267 g/mol. The number of nitrogens with zero attached hydrogens (tertiary/aromatic N) is 2. The molecule has 1 amide bonds. The zero-order chi connectivity index (χ0) is 12.8. The van der Waals surface area contributed by atoms with E-state index in [-0.39, 0.29) is 5.91 Å². The van der Waals surface area contributed by atoms with Crippen molar-refractivity contribution in [1.29, 1.82) is 0 Å². The maximum absolute atomic E-state index is 12.1. The molecule has 0 radical (unpaired) electrons. The zero-order valence-corrected chi connectivity index (χ0v) is 11.5. The van der Waals surface area contributed by atoms with Gasteiger partial charge in [-0.15, -0.1) is 6.42 Å². The summed E-state index contributed by atoms with van der Waals surface area (Å²) in [4.78, 5) is 16.3. The van der Waals surface area contributed by atoms with E-state index in [0.29, 0.717) is 19.0 Å². The molecule has 2 rings (SSSR count). The molecule has 1 N–H and O–H groups in total. The van der Waals surface area contributed by atoms with Crippen LogP contribution in [0.25, 0.3) is 0 Å². The second-order valence-electron chi connectivity index (χ2n) is 4.79. The summed E-state index contributed by atoms with van der Waals surface area (Å²) in [7, 11) is 0. The van der Waals surface area contributed by atoms with Gasteiger partial charge in [0.05, 0.1) is 6.54 Å². The summed E-state index contributed by atoms with van der Waals surface area (Å²) < 4.78 is 0. The molecule has 1 unspecified atom stereocenters. The van der Waals surface area contributed by atoms with Gasteiger partial charge in [-0.25, -0.2) is 0 Å². The van der Waals surface area contributed by atoms with Crippen LogP contribution in [-0.4, -0.2) is 72.5 Å². The van der Waals surface area contributed by atoms with Gasteiger partial charge in [-0.3, -0.25) is 9.69 Å². The van der Waals surface area contributed by atoms with E-state index in [2.05, 4.69) is 16.1 Å². The zero-order valence-electron chi connectivity index (χ0n) is 10.7. The van der Waals surface area contributed by atoms with E-state index < -0.39 is 0 Å². The summed E-state index contributed by atoms with van der Waals surface area (Å²) in [6, 6.07) is 0.361. The lowest BCUT2D eigenvalue weighted by molar-refractivity contribution is -0.133. The van der Waals surface area contributed by atoms with Crippen LogP contribution in [0.1, 0.15) is 6.42 Å². The molecular weight excluding hydrogens is 246 g/mol. The van der Waals surface area contributed by atoms with Gasteiger partial charge in [0, 0.05) is 56.7 Å². The van der Waals surface area contributed by atoms with Gasteiger partial charge in [-0.05, 0) is 0 Å². The molecule has 0 aromatic rings. The molecule has 0 bridgehead atoms. The predicted octanol–water partition coefficient (Wildman–Crippen LogP) is -0.141. The highest BCUT2D eigenvalue weighted by Crippen LogP contribution is 2.12. The normalized spacial score (nSPS) is 25.7. The van der Waals surface area contributed by atoms with E-state index in [1.165, 1.54) is 0 Å². The van der Waals surface area contributed by atoms with Gasteiger partial charge in [0.1, 0.15) is 0 Å². The summed E-state index contributed by atoms with van der Waals surface area (Å²) in [5, 5.41) is 3.41. The molecule has 2 heterocycles. The molecule has 2 aliphatic heterocycles. The molecule has 0 aliphatic carbocycles. The summed E-state index contributed by atoms with van der Waals surface area (Å²) >= 11 is 1.94. The van der Waals surface area contributed by atoms with Crippen molar-refractivity contribution in [1.82, 2.24) is 15.1 Å². The molecule has 100 valence electrons. The molecule has 2 saturated heterocycles. The van der Waals surface area contributed by atoms with Gasteiger partial charge in [0.25, 0.3) is 0 Å². The van der Waals surface area contributed by atoms with Crippen LogP contribution in [0.3, 0.4) is 0 Å². The molecule has 0 spiro atoms. The van der Waals surface area contributed by atoms with Crippen molar-refractivity contribution >= 4 is 17.7 Å². The Kier molecular flexibility index (Phi) is 5.36. The lowest BCUT2D eigenvalue weighted by Crippen LogP contribution is -2.50. The molecule has 2 aliphatic rings. The fraction of sp³-hybridized carbons (Fsp3) is 0.769. The van der Waals surface area contributed by atoms with Gasteiger partial charge >= 0.3 is 0 Å². The number of nitrogens with one attached hydrogen (secondary N) is 1. The molecule has 0 aromatic heterocycles. The first kappa shape index (κ1) is 13.7. The number of hydrogen-bond donors (Lipinski definition) is 1. The number of carbonyl (C=O) groups is 1. The second-order valence-corrected chi connectivity index (χ2v) is 5.94. The fourth-order valence-electron chi connectivity index (χ4n) is 2.38. The first-order chi connectivity index (χ1) is 8.79. The minimum Gasteiger partial charge on any atom is -0.340 e. The number of amides is 1. The van der Waals surface area contributed by atoms with E-state index in [4.69, 9.17) is 6.42 Å². The Morgan fingerprint density at radius 1 is 1.39 bits per heavy atom. The van der Waals surface area contributed by atoms with Crippen molar-refractivity contribution in [3.63, 3.8) is 0 Å². The largest absolute Gasteiger partial charge is 0.340 e. The van der Waals surface area contributed by atoms with Crippen LogP contribution in [-0.2, 0) is 4.79 Å². The van der Waals surface area contributed by atoms with Crippen LogP contribution >= 0.6 is 11.8 Å². The Morgan fingerprint density at radius 3 is 2.78 bits per heavy atom. The van der Waals surface area contributed by atoms with E-state index in [0.717, 1.165) is 44.2 Å². The molecule has 4 nitrogen and oxygen atoms in total. The van der Waals surface area contributed by atoms with Gasteiger partial charge in [0.2, 0.25) is 5.91 Å². The molecule has 0 saturated carbocycles. The van der Waals surface area contributed by atoms with E-state index in [1.54, 1.807) is 0 Å². The second kappa shape index (κ2) is 7.03. The van der Waals surface area contributed by atoms with Gasteiger partial charge in [0.15, 0.2) is 0 Å². The smallest absolute Gasteiger partial charge is 0.224 e. The molecule has 18 heavy (non-hydrogen) atoms. The summed E-state index contributed by atoms with van der Waals surface area (Å²) in [6.45, 7) is 5.17. The van der Waals surface area contributed by atoms with Gasteiger partial charge < -0.3 is 10.2 Å². The van der Waals surface area contributed by atoms with Crippen LogP contribution in [0.15, 0.2) is 0 Å². The molecule has 2 fully saturated rings. The Hall–Kier alpha value is -0.700. The number of thioether (sulfide) groups is 1. The quantitative estimate of drug-likeness (QED) is 0.722. The van der Waals surface area contributed by atoms with Crippen molar-refractivity contribution in [3.05, 3.63) is 0 Å². The maximum Gasteiger partial charge on any atom is 0.224 e. The average molecular weight is 267 g/mol. The summed E-state index contributed by atoms with van der Waals surface area (Å²) in [6.07, 6.45) is 5.94. The van der Waals surface area contributed by atoms with Gasteiger partial charge in [-0.1, -0.05) is 5.92 Å². The molecule has 5 heteroatoms. The van der Waals surface area contributed by atoms with Crippen molar-refractivity contribution in [3.8, 4) is 12.3 Å². The van der Waals surface area contributed by atoms with E-state index in [1.807, 2.05) is 16.7 Å². The van der Waals surface area contributed by atoms with E-state index in [9.17, 15) is 4.79 Å². The third-order valence-electron chi connectivity index (χ3n) is 3.46. The van der Waals surface area contributed by atoms with Crippen molar-refractivity contribution in [2.45, 2.75) is 12.5 Å². The SMILES string of the molecule is C#CCN1CCN(C(=O)CC2CSCCN2)CC1. The van der Waals surface area contributed by atoms with E-state index >= 15 is 0 Å². The lowest BCUT2D eigenvalue weighted by Gasteiger charge is -2.35. The van der Waals surface area contributed by atoms with Crippen LogP contribution in [0.5, 0.6) is 0 Å². The number of piperazine rings is 1.